The second-order valence-corrected chi connectivity index (χ2v) is 4.78. The monoisotopic (exact) mass is 271 g/mol. The van der Waals surface area contributed by atoms with E-state index in [0.717, 1.165) is 18.5 Å². The molecule has 20 heavy (non-hydrogen) atoms. The molecule has 0 radical (unpaired) electrons. The first-order valence-corrected chi connectivity index (χ1v) is 6.87. The highest BCUT2D eigenvalue weighted by Crippen LogP contribution is 2.26. The van der Waals surface area contributed by atoms with E-state index in [2.05, 4.69) is 36.5 Å². The average molecular weight is 271 g/mol. The summed E-state index contributed by atoms with van der Waals surface area (Å²) < 4.78 is 5.03. The third-order valence-corrected chi connectivity index (χ3v) is 3.33. The summed E-state index contributed by atoms with van der Waals surface area (Å²) in [5.74, 6) is 0.683. The van der Waals surface area contributed by atoms with Gasteiger partial charge in [0, 0.05) is 13.1 Å². The number of hydrogen-bond donors (Lipinski definition) is 2. The Balaban J connectivity index is 1.87. The molecule has 0 aliphatic rings. The third-order valence-electron chi connectivity index (χ3n) is 3.33. The highest BCUT2D eigenvalue weighted by molar-refractivity contribution is 5.41. The minimum Gasteiger partial charge on any atom is -0.504 e. The van der Waals surface area contributed by atoms with Gasteiger partial charge >= 0.3 is 0 Å². The van der Waals surface area contributed by atoms with Crippen LogP contribution in [-0.4, -0.2) is 12.2 Å². The van der Waals surface area contributed by atoms with Gasteiger partial charge in [-0.15, -0.1) is 0 Å². The van der Waals surface area contributed by atoms with Crippen molar-refractivity contribution in [2.45, 2.75) is 26.4 Å². The maximum atomic E-state index is 9.71. The van der Waals surface area contributed by atoms with Crippen LogP contribution in [0.15, 0.2) is 42.5 Å². The molecule has 0 unspecified atom stereocenters. The lowest BCUT2D eigenvalue weighted by Crippen LogP contribution is -2.12. The van der Waals surface area contributed by atoms with Crippen molar-refractivity contribution in [1.82, 2.24) is 5.32 Å². The Morgan fingerprint density at radius 2 is 1.55 bits per heavy atom. The molecular formula is C17H21NO2. The Kier molecular flexibility index (Phi) is 5.02. The van der Waals surface area contributed by atoms with Crippen molar-refractivity contribution < 1.29 is 9.84 Å². The SMILES string of the molecule is CCc1ccc(CNCc2ccc(OC)c(O)c2)cc1. The van der Waals surface area contributed by atoms with E-state index in [1.807, 2.05) is 6.07 Å². The summed E-state index contributed by atoms with van der Waals surface area (Å²) in [6.07, 6.45) is 1.07. The second-order valence-electron chi connectivity index (χ2n) is 4.78. The zero-order valence-corrected chi connectivity index (χ0v) is 12.0. The number of nitrogens with one attached hydrogen (secondary N) is 1. The summed E-state index contributed by atoms with van der Waals surface area (Å²) in [5, 5.41) is 13.1. The molecule has 0 aromatic heterocycles. The van der Waals surface area contributed by atoms with E-state index < -0.39 is 0 Å². The van der Waals surface area contributed by atoms with E-state index in [-0.39, 0.29) is 5.75 Å². The van der Waals surface area contributed by atoms with Gasteiger partial charge in [0.15, 0.2) is 11.5 Å². The van der Waals surface area contributed by atoms with Crippen LogP contribution in [0.4, 0.5) is 0 Å². The molecule has 0 fully saturated rings. The summed E-state index contributed by atoms with van der Waals surface area (Å²) in [6.45, 7) is 3.69. The van der Waals surface area contributed by atoms with E-state index in [4.69, 9.17) is 4.74 Å². The van der Waals surface area contributed by atoms with Crippen molar-refractivity contribution in [1.29, 1.82) is 0 Å². The summed E-state index contributed by atoms with van der Waals surface area (Å²) in [5.41, 5.74) is 3.65. The van der Waals surface area contributed by atoms with Gasteiger partial charge in [-0.2, -0.15) is 0 Å². The van der Waals surface area contributed by atoms with Crippen molar-refractivity contribution in [3.8, 4) is 11.5 Å². The van der Waals surface area contributed by atoms with Crippen LogP contribution >= 0.6 is 0 Å². The molecule has 0 amide bonds. The van der Waals surface area contributed by atoms with Gasteiger partial charge in [-0.3, -0.25) is 0 Å². The van der Waals surface area contributed by atoms with Gasteiger partial charge in [-0.1, -0.05) is 37.3 Å². The summed E-state index contributed by atoms with van der Waals surface area (Å²) >= 11 is 0. The average Bonchev–Trinajstić information content (AvgIpc) is 2.48. The fraction of sp³-hybridized carbons (Fsp3) is 0.294. The van der Waals surface area contributed by atoms with E-state index in [9.17, 15) is 5.11 Å². The molecule has 0 saturated heterocycles. The number of methoxy groups -OCH3 is 1. The Bertz CT molecular complexity index is 549. The number of aromatic hydroxyl groups is 1. The zero-order valence-electron chi connectivity index (χ0n) is 12.0. The van der Waals surface area contributed by atoms with Crippen molar-refractivity contribution in [3.63, 3.8) is 0 Å². The molecule has 2 aromatic rings. The number of aryl methyl sites for hydroxylation is 1. The van der Waals surface area contributed by atoms with Gasteiger partial charge in [0.2, 0.25) is 0 Å². The molecule has 3 heteroatoms. The van der Waals surface area contributed by atoms with Gasteiger partial charge in [0.05, 0.1) is 7.11 Å². The van der Waals surface area contributed by atoms with Crippen LogP contribution < -0.4 is 10.1 Å². The van der Waals surface area contributed by atoms with Crippen molar-refractivity contribution >= 4 is 0 Å². The largest absolute Gasteiger partial charge is 0.504 e. The molecule has 2 N–H and O–H groups in total. The van der Waals surface area contributed by atoms with Crippen molar-refractivity contribution in [3.05, 3.63) is 59.2 Å². The molecule has 0 aliphatic carbocycles. The maximum absolute atomic E-state index is 9.71. The molecule has 0 saturated carbocycles. The third kappa shape index (κ3) is 3.75. The van der Waals surface area contributed by atoms with Crippen LogP contribution in [0.1, 0.15) is 23.6 Å². The molecule has 2 rings (SSSR count). The Hall–Kier alpha value is -2.00. The van der Waals surface area contributed by atoms with Gasteiger partial charge < -0.3 is 15.2 Å². The standard InChI is InChI=1S/C17H21NO2/c1-3-13-4-6-14(7-5-13)11-18-12-15-8-9-17(20-2)16(19)10-15/h4-10,18-19H,3,11-12H2,1-2H3. The quantitative estimate of drug-likeness (QED) is 0.847. The van der Waals surface area contributed by atoms with E-state index >= 15 is 0 Å². The Labute approximate surface area is 120 Å². The number of benzene rings is 2. The maximum Gasteiger partial charge on any atom is 0.160 e. The predicted molar refractivity (Wildman–Crippen MR) is 81.0 cm³/mol. The van der Waals surface area contributed by atoms with Crippen LogP contribution in [0.25, 0.3) is 0 Å². The zero-order chi connectivity index (χ0) is 14.4. The van der Waals surface area contributed by atoms with Crippen LogP contribution in [0.3, 0.4) is 0 Å². The fourth-order valence-electron chi connectivity index (χ4n) is 2.09. The van der Waals surface area contributed by atoms with Crippen molar-refractivity contribution in [2.75, 3.05) is 7.11 Å². The first-order valence-electron chi connectivity index (χ1n) is 6.87. The van der Waals surface area contributed by atoms with Gasteiger partial charge in [-0.25, -0.2) is 0 Å². The van der Waals surface area contributed by atoms with Gasteiger partial charge in [0.1, 0.15) is 0 Å². The minimum atomic E-state index is 0.180. The summed E-state index contributed by atoms with van der Waals surface area (Å²) in [6, 6.07) is 14.1. The lowest BCUT2D eigenvalue weighted by molar-refractivity contribution is 0.373. The van der Waals surface area contributed by atoms with E-state index in [1.165, 1.54) is 11.1 Å². The molecule has 2 aromatic carbocycles. The van der Waals surface area contributed by atoms with Crippen LogP contribution in [0, 0.1) is 0 Å². The minimum absolute atomic E-state index is 0.180. The lowest BCUT2D eigenvalue weighted by Gasteiger charge is -2.08. The molecule has 0 bridgehead atoms. The Morgan fingerprint density at radius 3 is 2.15 bits per heavy atom. The van der Waals surface area contributed by atoms with E-state index in [1.54, 1.807) is 19.2 Å². The fourth-order valence-corrected chi connectivity index (χ4v) is 2.09. The molecule has 0 spiro atoms. The second kappa shape index (κ2) is 6.96. The highest BCUT2D eigenvalue weighted by atomic mass is 16.5. The first-order chi connectivity index (χ1) is 9.72. The van der Waals surface area contributed by atoms with E-state index in [0.29, 0.717) is 12.3 Å². The summed E-state index contributed by atoms with van der Waals surface area (Å²) in [4.78, 5) is 0. The predicted octanol–water partition coefficient (Wildman–Crippen LogP) is 3.25. The number of hydrogen-bond acceptors (Lipinski definition) is 3. The van der Waals surface area contributed by atoms with Gasteiger partial charge in [0.25, 0.3) is 0 Å². The molecular weight excluding hydrogens is 250 g/mol. The van der Waals surface area contributed by atoms with Crippen LogP contribution in [0.5, 0.6) is 11.5 Å². The topological polar surface area (TPSA) is 41.5 Å². The van der Waals surface area contributed by atoms with Crippen molar-refractivity contribution in [2.24, 2.45) is 0 Å². The first kappa shape index (κ1) is 14.4. The molecule has 0 aliphatic heterocycles. The molecule has 0 atom stereocenters. The number of phenols is 1. The van der Waals surface area contributed by atoms with Gasteiger partial charge in [-0.05, 0) is 35.2 Å². The Morgan fingerprint density at radius 1 is 0.950 bits per heavy atom. The van der Waals surface area contributed by atoms with Crippen LogP contribution in [0.2, 0.25) is 0 Å². The van der Waals surface area contributed by atoms with Crippen LogP contribution in [-0.2, 0) is 19.5 Å². The highest BCUT2D eigenvalue weighted by Gasteiger charge is 2.02. The molecule has 0 heterocycles. The normalized spacial score (nSPS) is 10.5. The number of ether oxygens (including phenoxy) is 1. The number of phenolic OH excluding ortho intramolecular Hbond substituents is 1. The lowest BCUT2D eigenvalue weighted by atomic mass is 10.1. The summed E-state index contributed by atoms with van der Waals surface area (Å²) in [7, 11) is 1.55. The number of rotatable bonds is 6. The smallest absolute Gasteiger partial charge is 0.160 e. The molecule has 106 valence electrons. The molecule has 3 nitrogen and oxygen atoms in total.